The molecule has 0 aliphatic rings. The molecule has 0 aliphatic carbocycles. The number of anilines is 1. The lowest BCUT2D eigenvalue weighted by Gasteiger charge is -2.09. The van der Waals surface area contributed by atoms with E-state index in [-0.39, 0.29) is 12.0 Å². The minimum Gasteiger partial charge on any atom is -0.491 e. The maximum atomic E-state index is 12.2. The summed E-state index contributed by atoms with van der Waals surface area (Å²) in [7, 11) is 0. The molecule has 0 radical (unpaired) electrons. The average Bonchev–Trinajstić information content (AvgIpc) is 3.04. The van der Waals surface area contributed by atoms with Gasteiger partial charge in [0.2, 0.25) is 0 Å². The minimum absolute atomic E-state index is 0.144. The molecule has 6 heteroatoms. The summed E-state index contributed by atoms with van der Waals surface area (Å²) in [5.74, 6) is 0.659. The van der Waals surface area contributed by atoms with Crippen LogP contribution in [0.2, 0.25) is 0 Å². The number of halogens is 1. The molecule has 0 saturated heterocycles. The molecule has 1 aromatic heterocycles. The van der Waals surface area contributed by atoms with E-state index in [0.717, 1.165) is 21.5 Å². The third-order valence-electron chi connectivity index (χ3n) is 3.35. The lowest BCUT2D eigenvalue weighted by Crippen LogP contribution is -2.11. The number of benzene rings is 2. The van der Waals surface area contributed by atoms with Gasteiger partial charge >= 0.3 is 0 Å². The molecule has 1 N–H and O–H groups in total. The van der Waals surface area contributed by atoms with Gasteiger partial charge in [-0.05, 0) is 62.4 Å². The van der Waals surface area contributed by atoms with Crippen LogP contribution in [0.3, 0.4) is 0 Å². The van der Waals surface area contributed by atoms with Crippen molar-refractivity contribution in [3.63, 3.8) is 0 Å². The number of hydrogen-bond acceptors (Lipinski definition) is 4. The van der Waals surface area contributed by atoms with Crippen molar-refractivity contribution < 1.29 is 9.53 Å². The van der Waals surface area contributed by atoms with Crippen LogP contribution in [-0.4, -0.2) is 17.0 Å². The molecule has 0 aliphatic heterocycles. The molecule has 0 atom stereocenters. The predicted octanol–water partition coefficient (Wildman–Crippen LogP) is 5.61. The quantitative estimate of drug-likeness (QED) is 0.587. The van der Waals surface area contributed by atoms with Crippen molar-refractivity contribution in [1.29, 1.82) is 0 Å². The van der Waals surface area contributed by atoms with Gasteiger partial charge in [0.1, 0.15) is 5.75 Å². The highest BCUT2D eigenvalue weighted by atomic mass is 79.9. The predicted molar refractivity (Wildman–Crippen MR) is 105 cm³/mol. The minimum atomic E-state index is -0.172. The van der Waals surface area contributed by atoms with Crippen LogP contribution in [-0.2, 0) is 0 Å². The molecule has 0 saturated carbocycles. The van der Waals surface area contributed by atoms with Crippen LogP contribution < -0.4 is 10.1 Å². The molecular weight excluding hydrogens is 400 g/mol. The highest BCUT2D eigenvalue weighted by Gasteiger charge is 2.10. The van der Waals surface area contributed by atoms with Crippen LogP contribution in [0.15, 0.2) is 58.4 Å². The highest BCUT2D eigenvalue weighted by molar-refractivity contribution is 9.10. The number of rotatable bonds is 5. The molecule has 1 amide bonds. The second kappa shape index (κ2) is 7.80. The van der Waals surface area contributed by atoms with Crippen molar-refractivity contribution in [2.24, 2.45) is 0 Å². The molecule has 0 unspecified atom stereocenters. The van der Waals surface area contributed by atoms with Gasteiger partial charge in [0.15, 0.2) is 5.13 Å². The molecule has 4 nitrogen and oxygen atoms in total. The summed E-state index contributed by atoms with van der Waals surface area (Å²) >= 11 is 4.76. The van der Waals surface area contributed by atoms with Gasteiger partial charge < -0.3 is 4.74 Å². The number of carbonyl (C=O) groups is 1. The Morgan fingerprint density at radius 1 is 1.12 bits per heavy atom. The summed E-state index contributed by atoms with van der Waals surface area (Å²) in [5, 5.41) is 5.33. The molecular formula is C19H17BrN2O2S. The van der Waals surface area contributed by atoms with Crippen LogP contribution in [0.4, 0.5) is 5.13 Å². The van der Waals surface area contributed by atoms with Gasteiger partial charge in [-0.1, -0.05) is 15.9 Å². The van der Waals surface area contributed by atoms with Crippen molar-refractivity contribution in [2.75, 3.05) is 5.32 Å². The van der Waals surface area contributed by atoms with E-state index in [0.29, 0.717) is 10.7 Å². The molecule has 3 rings (SSSR count). The Labute approximate surface area is 159 Å². The van der Waals surface area contributed by atoms with Gasteiger partial charge in [-0.3, -0.25) is 10.1 Å². The van der Waals surface area contributed by atoms with Gasteiger partial charge in [0.05, 0.1) is 11.8 Å². The topological polar surface area (TPSA) is 51.2 Å². The number of aromatic nitrogens is 1. The molecule has 25 heavy (non-hydrogen) atoms. The van der Waals surface area contributed by atoms with Crippen molar-refractivity contribution in [2.45, 2.75) is 20.0 Å². The Morgan fingerprint density at radius 3 is 2.44 bits per heavy atom. The summed E-state index contributed by atoms with van der Waals surface area (Å²) in [6, 6.07) is 15.0. The summed E-state index contributed by atoms with van der Waals surface area (Å²) in [4.78, 5) is 16.7. The number of nitrogens with one attached hydrogen (secondary N) is 1. The Bertz CT molecular complexity index is 858. The number of nitrogens with zero attached hydrogens (tertiary/aromatic N) is 1. The fraction of sp³-hybridized carbons (Fsp3) is 0.158. The number of ether oxygens (including phenoxy) is 1. The van der Waals surface area contributed by atoms with Gasteiger partial charge in [-0.2, -0.15) is 0 Å². The third-order valence-corrected chi connectivity index (χ3v) is 4.64. The van der Waals surface area contributed by atoms with E-state index >= 15 is 0 Å². The average molecular weight is 417 g/mol. The zero-order chi connectivity index (χ0) is 17.8. The molecule has 3 aromatic rings. The van der Waals surface area contributed by atoms with Crippen molar-refractivity contribution in [3.05, 3.63) is 63.9 Å². The lowest BCUT2D eigenvalue weighted by atomic mass is 10.2. The Morgan fingerprint density at radius 2 is 1.80 bits per heavy atom. The Balaban J connectivity index is 1.69. The normalized spacial score (nSPS) is 10.7. The first-order valence-corrected chi connectivity index (χ1v) is 9.48. The van der Waals surface area contributed by atoms with E-state index in [1.54, 1.807) is 12.1 Å². The number of amides is 1. The summed E-state index contributed by atoms with van der Waals surface area (Å²) in [5.41, 5.74) is 2.40. The number of thiazole rings is 1. The fourth-order valence-corrected chi connectivity index (χ4v) is 3.19. The van der Waals surface area contributed by atoms with Crippen LogP contribution in [0.1, 0.15) is 24.2 Å². The fourth-order valence-electron chi connectivity index (χ4n) is 2.21. The van der Waals surface area contributed by atoms with E-state index in [1.807, 2.05) is 55.6 Å². The molecule has 2 aromatic carbocycles. The lowest BCUT2D eigenvalue weighted by molar-refractivity contribution is 0.102. The first-order chi connectivity index (χ1) is 12.0. The van der Waals surface area contributed by atoms with Crippen LogP contribution in [0, 0.1) is 0 Å². The number of hydrogen-bond donors (Lipinski definition) is 1. The SMILES string of the molecule is CC(C)Oc1ccc(-c2csc(NC(=O)c3ccc(Br)cc3)n2)cc1. The number of carbonyl (C=O) groups excluding carboxylic acids is 1. The zero-order valence-electron chi connectivity index (χ0n) is 13.8. The second-order valence-corrected chi connectivity index (χ2v) is 7.46. The van der Waals surface area contributed by atoms with Gasteiger partial charge in [0, 0.05) is 21.0 Å². The highest BCUT2D eigenvalue weighted by Crippen LogP contribution is 2.27. The third kappa shape index (κ3) is 4.67. The maximum absolute atomic E-state index is 12.2. The van der Waals surface area contributed by atoms with E-state index in [2.05, 4.69) is 26.2 Å². The van der Waals surface area contributed by atoms with Crippen molar-refractivity contribution in [1.82, 2.24) is 4.98 Å². The maximum Gasteiger partial charge on any atom is 0.257 e. The molecule has 0 spiro atoms. The van der Waals surface area contributed by atoms with Gasteiger partial charge in [0.25, 0.3) is 5.91 Å². The Kier molecular flexibility index (Phi) is 5.50. The first kappa shape index (κ1) is 17.6. The van der Waals surface area contributed by atoms with E-state index in [9.17, 15) is 4.79 Å². The van der Waals surface area contributed by atoms with Crippen molar-refractivity contribution >= 4 is 38.3 Å². The largest absolute Gasteiger partial charge is 0.491 e. The Hall–Kier alpha value is -2.18. The van der Waals surface area contributed by atoms with Gasteiger partial charge in [-0.15, -0.1) is 11.3 Å². The summed E-state index contributed by atoms with van der Waals surface area (Å²) in [6.07, 6.45) is 0.144. The van der Waals surface area contributed by atoms with Crippen LogP contribution >= 0.6 is 27.3 Å². The van der Waals surface area contributed by atoms with E-state index in [4.69, 9.17) is 4.74 Å². The first-order valence-electron chi connectivity index (χ1n) is 7.81. The standard InChI is InChI=1S/C19H17BrN2O2S/c1-12(2)24-16-9-5-13(6-10-16)17-11-25-19(21-17)22-18(23)14-3-7-15(20)8-4-14/h3-12H,1-2H3,(H,21,22,23). The molecule has 0 fully saturated rings. The molecule has 0 bridgehead atoms. The van der Waals surface area contributed by atoms with E-state index in [1.165, 1.54) is 11.3 Å². The summed E-state index contributed by atoms with van der Waals surface area (Å²) < 4.78 is 6.58. The monoisotopic (exact) mass is 416 g/mol. The summed E-state index contributed by atoms with van der Waals surface area (Å²) in [6.45, 7) is 3.99. The van der Waals surface area contributed by atoms with Crippen LogP contribution in [0.25, 0.3) is 11.3 Å². The van der Waals surface area contributed by atoms with Crippen LogP contribution in [0.5, 0.6) is 5.75 Å². The molecule has 1 heterocycles. The van der Waals surface area contributed by atoms with E-state index < -0.39 is 0 Å². The van der Waals surface area contributed by atoms with Crippen molar-refractivity contribution in [3.8, 4) is 17.0 Å². The molecule has 128 valence electrons. The van der Waals surface area contributed by atoms with Gasteiger partial charge in [-0.25, -0.2) is 4.98 Å². The second-order valence-electron chi connectivity index (χ2n) is 5.69. The smallest absolute Gasteiger partial charge is 0.257 e. The zero-order valence-corrected chi connectivity index (χ0v) is 16.2.